The summed E-state index contributed by atoms with van der Waals surface area (Å²) in [6.07, 6.45) is 1.39. The van der Waals surface area contributed by atoms with E-state index in [1.54, 1.807) is 18.2 Å². The van der Waals surface area contributed by atoms with Gasteiger partial charge in [0.2, 0.25) is 15.9 Å². The molecule has 1 heterocycles. The van der Waals surface area contributed by atoms with Crippen LogP contribution < -0.4 is 5.32 Å². The van der Waals surface area contributed by atoms with Gasteiger partial charge in [-0.1, -0.05) is 27.5 Å². The standard InChI is InChI=1S/C14H13BrClN3O3S/c1-19(23(21,22)12-5-2-10(15)3-6-12)9-14(20)18-13-7-4-11(16)8-17-13/h2-8H,9H2,1H3,(H,17,18,20). The van der Waals surface area contributed by atoms with E-state index in [0.717, 1.165) is 8.78 Å². The molecule has 6 nitrogen and oxygen atoms in total. The molecule has 0 aliphatic heterocycles. The van der Waals surface area contributed by atoms with Crippen LogP contribution in [0, 0.1) is 0 Å². The van der Waals surface area contributed by atoms with Crippen molar-refractivity contribution in [2.75, 3.05) is 18.9 Å². The van der Waals surface area contributed by atoms with Crippen LogP contribution >= 0.6 is 27.5 Å². The summed E-state index contributed by atoms with van der Waals surface area (Å²) in [7, 11) is -2.40. The Kier molecular flexibility index (Phi) is 5.74. The van der Waals surface area contributed by atoms with E-state index in [1.807, 2.05) is 0 Å². The highest BCUT2D eigenvalue weighted by Crippen LogP contribution is 2.18. The second-order valence-corrected chi connectivity index (χ2v) is 8.02. The molecule has 1 N–H and O–H groups in total. The number of aromatic nitrogens is 1. The number of amides is 1. The number of carbonyl (C=O) groups is 1. The summed E-state index contributed by atoms with van der Waals surface area (Å²) in [6.45, 7) is -0.331. The molecule has 0 saturated heterocycles. The molecular formula is C14H13BrClN3O3S. The minimum Gasteiger partial charge on any atom is -0.310 e. The van der Waals surface area contributed by atoms with Gasteiger partial charge in [-0.2, -0.15) is 4.31 Å². The highest BCUT2D eigenvalue weighted by Gasteiger charge is 2.22. The lowest BCUT2D eigenvalue weighted by atomic mass is 10.4. The van der Waals surface area contributed by atoms with Gasteiger partial charge in [0.15, 0.2) is 0 Å². The Labute approximate surface area is 147 Å². The Morgan fingerprint density at radius 2 is 1.91 bits per heavy atom. The third-order valence-electron chi connectivity index (χ3n) is 2.88. The van der Waals surface area contributed by atoms with Gasteiger partial charge in [0.05, 0.1) is 16.5 Å². The number of anilines is 1. The average molecular weight is 419 g/mol. The Morgan fingerprint density at radius 3 is 2.48 bits per heavy atom. The van der Waals surface area contributed by atoms with Crippen LogP contribution in [0.15, 0.2) is 52.0 Å². The summed E-state index contributed by atoms with van der Waals surface area (Å²) < 4.78 is 26.5. The molecule has 23 heavy (non-hydrogen) atoms. The van der Waals surface area contributed by atoms with Crippen molar-refractivity contribution in [3.8, 4) is 0 Å². The molecule has 0 spiro atoms. The van der Waals surface area contributed by atoms with Crippen LogP contribution in [-0.2, 0) is 14.8 Å². The number of hydrogen-bond donors (Lipinski definition) is 1. The number of hydrogen-bond acceptors (Lipinski definition) is 4. The molecule has 9 heteroatoms. The van der Waals surface area contributed by atoms with Gasteiger partial charge < -0.3 is 5.32 Å². The summed E-state index contributed by atoms with van der Waals surface area (Å²) in [4.78, 5) is 16.0. The van der Waals surface area contributed by atoms with Crippen molar-refractivity contribution in [3.63, 3.8) is 0 Å². The topological polar surface area (TPSA) is 79.4 Å². The molecule has 1 aromatic heterocycles. The monoisotopic (exact) mass is 417 g/mol. The van der Waals surface area contributed by atoms with Crippen molar-refractivity contribution < 1.29 is 13.2 Å². The van der Waals surface area contributed by atoms with E-state index in [9.17, 15) is 13.2 Å². The van der Waals surface area contributed by atoms with Gasteiger partial charge >= 0.3 is 0 Å². The minimum atomic E-state index is -3.74. The Bertz CT molecular complexity index is 795. The van der Waals surface area contributed by atoms with Crippen molar-refractivity contribution in [1.82, 2.24) is 9.29 Å². The van der Waals surface area contributed by atoms with E-state index in [-0.39, 0.29) is 11.4 Å². The smallest absolute Gasteiger partial charge is 0.243 e. The first-order valence-electron chi connectivity index (χ1n) is 6.42. The largest absolute Gasteiger partial charge is 0.310 e. The minimum absolute atomic E-state index is 0.112. The number of benzene rings is 1. The van der Waals surface area contributed by atoms with Crippen LogP contribution in [0.5, 0.6) is 0 Å². The van der Waals surface area contributed by atoms with Gasteiger partial charge in [-0.3, -0.25) is 4.79 Å². The summed E-state index contributed by atoms with van der Waals surface area (Å²) in [5, 5.41) is 2.95. The van der Waals surface area contributed by atoms with Crippen molar-refractivity contribution in [2.24, 2.45) is 0 Å². The molecule has 1 amide bonds. The fourth-order valence-corrected chi connectivity index (χ4v) is 3.21. The Balaban J connectivity index is 2.05. The fourth-order valence-electron chi connectivity index (χ4n) is 1.71. The predicted octanol–water partition coefficient (Wildman–Crippen LogP) is 2.76. The molecule has 1 aromatic carbocycles. The van der Waals surface area contributed by atoms with E-state index < -0.39 is 15.9 Å². The number of halogens is 2. The molecule has 0 bridgehead atoms. The molecule has 0 radical (unpaired) electrons. The SMILES string of the molecule is CN(CC(=O)Nc1ccc(Cl)cn1)S(=O)(=O)c1ccc(Br)cc1. The van der Waals surface area contributed by atoms with Crippen molar-refractivity contribution >= 4 is 49.3 Å². The summed E-state index contributed by atoms with van der Waals surface area (Å²) in [6, 6.07) is 9.29. The quantitative estimate of drug-likeness (QED) is 0.810. The molecule has 122 valence electrons. The number of pyridine rings is 1. The number of nitrogens with zero attached hydrogens (tertiary/aromatic N) is 2. The zero-order valence-corrected chi connectivity index (χ0v) is 15.2. The van der Waals surface area contributed by atoms with E-state index in [1.165, 1.54) is 31.4 Å². The van der Waals surface area contributed by atoms with Gasteiger partial charge in [-0.25, -0.2) is 13.4 Å². The van der Waals surface area contributed by atoms with E-state index in [2.05, 4.69) is 26.2 Å². The van der Waals surface area contributed by atoms with Crippen molar-refractivity contribution in [1.29, 1.82) is 0 Å². The molecule has 0 aliphatic carbocycles. The summed E-state index contributed by atoms with van der Waals surface area (Å²) >= 11 is 8.95. The van der Waals surface area contributed by atoms with Gasteiger partial charge in [-0.15, -0.1) is 0 Å². The van der Waals surface area contributed by atoms with Crippen LogP contribution in [0.2, 0.25) is 5.02 Å². The second-order valence-electron chi connectivity index (χ2n) is 4.62. The number of carbonyl (C=O) groups excluding carboxylic acids is 1. The first-order chi connectivity index (χ1) is 10.8. The maximum absolute atomic E-state index is 12.4. The van der Waals surface area contributed by atoms with Crippen LogP contribution in [0.4, 0.5) is 5.82 Å². The number of nitrogens with one attached hydrogen (secondary N) is 1. The number of sulfonamides is 1. The summed E-state index contributed by atoms with van der Waals surface area (Å²) in [5.74, 6) is -0.197. The highest BCUT2D eigenvalue weighted by atomic mass is 79.9. The third-order valence-corrected chi connectivity index (χ3v) is 5.45. The lowest BCUT2D eigenvalue weighted by Crippen LogP contribution is -2.35. The van der Waals surface area contributed by atoms with Gasteiger partial charge in [0, 0.05) is 17.7 Å². The van der Waals surface area contributed by atoms with Crippen molar-refractivity contribution in [2.45, 2.75) is 4.90 Å². The molecule has 0 fully saturated rings. The second kappa shape index (κ2) is 7.39. The van der Waals surface area contributed by atoms with Crippen LogP contribution in [0.3, 0.4) is 0 Å². The summed E-state index contributed by atoms with van der Waals surface area (Å²) in [5.41, 5.74) is 0. The Morgan fingerprint density at radius 1 is 1.26 bits per heavy atom. The van der Waals surface area contributed by atoms with Crippen LogP contribution in [0.1, 0.15) is 0 Å². The van der Waals surface area contributed by atoms with Crippen molar-refractivity contribution in [3.05, 3.63) is 52.1 Å². The fraction of sp³-hybridized carbons (Fsp3) is 0.143. The van der Waals surface area contributed by atoms with Gasteiger partial charge in [0.1, 0.15) is 5.82 Å². The third kappa shape index (κ3) is 4.74. The molecule has 0 unspecified atom stereocenters. The van der Waals surface area contributed by atoms with E-state index >= 15 is 0 Å². The average Bonchev–Trinajstić information content (AvgIpc) is 2.50. The zero-order chi connectivity index (χ0) is 17.0. The molecule has 2 rings (SSSR count). The number of likely N-dealkylation sites (N-methyl/N-ethyl adjacent to an activating group) is 1. The van der Waals surface area contributed by atoms with Crippen LogP contribution in [0.25, 0.3) is 0 Å². The first-order valence-corrected chi connectivity index (χ1v) is 9.03. The van der Waals surface area contributed by atoms with Gasteiger partial charge in [0.25, 0.3) is 0 Å². The maximum atomic E-state index is 12.4. The lowest BCUT2D eigenvalue weighted by molar-refractivity contribution is -0.116. The van der Waals surface area contributed by atoms with E-state index in [0.29, 0.717) is 10.8 Å². The molecular weight excluding hydrogens is 406 g/mol. The van der Waals surface area contributed by atoms with E-state index in [4.69, 9.17) is 11.6 Å². The van der Waals surface area contributed by atoms with Gasteiger partial charge in [-0.05, 0) is 36.4 Å². The predicted molar refractivity (Wildman–Crippen MR) is 91.8 cm³/mol. The first kappa shape index (κ1) is 17.9. The zero-order valence-electron chi connectivity index (χ0n) is 12.0. The lowest BCUT2D eigenvalue weighted by Gasteiger charge is -2.16. The maximum Gasteiger partial charge on any atom is 0.243 e. The highest BCUT2D eigenvalue weighted by molar-refractivity contribution is 9.10. The number of rotatable bonds is 5. The van der Waals surface area contributed by atoms with Crippen LogP contribution in [-0.4, -0.2) is 37.2 Å². The molecule has 0 atom stereocenters. The normalized spacial score (nSPS) is 11.5. The molecule has 2 aromatic rings. The Hall–Kier alpha value is -1.48. The molecule has 0 aliphatic rings. The molecule has 0 saturated carbocycles.